The Morgan fingerprint density at radius 2 is 1.48 bits per heavy atom. The van der Waals surface area contributed by atoms with Crippen molar-refractivity contribution in [3.63, 3.8) is 0 Å². The lowest BCUT2D eigenvalue weighted by atomic mass is 9.92. The predicted octanol–water partition coefficient (Wildman–Crippen LogP) is 10.5. The second-order valence-electron chi connectivity index (χ2n) is 14.8. The minimum atomic E-state index is -0.196. The fourth-order valence-corrected chi connectivity index (χ4v) is 8.71. The van der Waals surface area contributed by atoms with Crippen LogP contribution in [0.4, 0.5) is 0 Å². The molecule has 0 fully saturated rings. The highest BCUT2D eigenvalue weighted by atomic mass is 15.3. The first kappa shape index (κ1) is 30.9. The maximum Gasteiger partial charge on any atom is 0.131 e. The first-order chi connectivity index (χ1) is 25.6. The summed E-state index contributed by atoms with van der Waals surface area (Å²) in [5.74, 6) is 1.38. The van der Waals surface area contributed by atoms with Crippen molar-refractivity contribution in [3.05, 3.63) is 180 Å². The van der Waals surface area contributed by atoms with Crippen LogP contribution in [0.2, 0.25) is 0 Å². The number of hydrogen-bond donors (Lipinski definition) is 2. The van der Waals surface area contributed by atoms with Crippen LogP contribution in [0.1, 0.15) is 60.5 Å². The molecule has 254 valence electrons. The number of fused-ring (bicyclic) bond motifs is 7. The molecule has 4 atom stereocenters. The Kier molecular flexibility index (Phi) is 7.19. The van der Waals surface area contributed by atoms with E-state index in [1.807, 2.05) is 6.07 Å². The molecular weight excluding hydrogens is 635 g/mol. The highest BCUT2D eigenvalue weighted by molar-refractivity contribution is 6.18. The van der Waals surface area contributed by atoms with E-state index in [9.17, 15) is 0 Å². The van der Waals surface area contributed by atoms with Crippen molar-refractivity contribution in [2.45, 2.75) is 44.6 Å². The second-order valence-corrected chi connectivity index (χ2v) is 14.8. The average molecular weight is 676 g/mol. The van der Waals surface area contributed by atoms with E-state index in [1.54, 1.807) is 0 Å². The van der Waals surface area contributed by atoms with Gasteiger partial charge in [-0.1, -0.05) is 140 Å². The van der Waals surface area contributed by atoms with E-state index >= 15 is 0 Å². The van der Waals surface area contributed by atoms with Gasteiger partial charge in [-0.25, -0.2) is 4.99 Å². The zero-order valence-electron chi connectivity index (χ0n) is 29.5. The van der Waals surface area contributed by atoms with Gasteiger partial charge >= 0.3 is 0 Å². The molecule has 2 aromatic heterocycles. The summed E-state index contributed by atoms with van der Waals surface area (Å²) in [5.41, 5.74) is 10.9. The van der Waals surface area contributed by atoms with Crippen molar-refractivity contribution in [1.82, 2.24) is 19.8 Å². The number of nitrogens with one attached hydrogen (secondary N) is 2. The monoisotopic (exact) mass is 675 g/mol. The summed E-state index contributed by atoms with van der Waals surface area (Å²) in [6.07, 6.45) is 15.5. The molecule has 0 saturated carbocycles. The van der Waals surface area contributed by atoms with E-state index in [-0.39, 0.29) is 17.9 Å². The lowest BCUT2D eigenvalue weighted by Crippen LogP contribution is -2.44. The summed E-state index contributed by atoms with van der Waals surface area (Å²) in [7, 11) is 0. The van der Waals surface area contributed by atoms with Gasteiger partial charge < -0.3 is 14.5 Å². The molecule has 3 heterocycles. The minimum absolute atomic E-state index is 0.122. The Morgan fingerprint density at radius 1 is 0.731 bits per heavy atom. The van der Waals surface area contributed by atoms with E-state index in [2.05, 4.69) is 185 Å². The molecule has 7 aromatic rings. The quantitative estimate of drug-likeness (QED) is 0.191. The topological polar surface area (TPSA) is 46.3 Å². The van der Waals surface area contributed by atoms with Crippen LogP contribution in [-0.2, 0) is 12.0 Å². The summed E-state index contributed by atoms with van der Waals surface area (Å²) in [4.78, 5) is 5.12. The fraction of sp³-hybridized carbons (Fsp3) is 0.170. The zero-order valence-corrected chi connectivity index (χ0v) is 29.5. The van der Waals surface area contributed by atoms with Gasteiger partial charge in [0.2, 0.25) is 0 Å². The van der Waals surface area contributed by atoms with E-state index < -0.39 is 0 Å². The maximum absolute atomic E-state index is 5.12. The molecule has 5 aromatic carbocycles. The van der Waals surface area contributed by atoms with Crippen molar-refractivity contribution in [1.29, 1.82) is 0 Å². The van der Waals surface area contributed by atoms with Crippen LogP contribution in [0.25, 0.3) is 44.5 Å². The number of benzene rings is 5. The van der Waals surface area contributed by atoms with Gasteiger partial charge in [-0.05, 0) is 66.6 Å². The normalized spacial score (nSPS) is 22.5. The third-order valence-corrected chi connectivity index (χ3v) is 11.3. The molecule has 5 heteroatoms. The number of hydrogen-bond acceptors (Lipinski definition) is 3. The molecule has 0 radical (unpaired) electrons. The van der Waals surface area contributed by atoms with Gasteiger partial charge in [0, 0.05) is 38.6 Å². The maximum atomic E-state index is 5.12. The van der Waals surface area contributed by atoms with Crippen LogP contribution in [0.15, 0.2) is 157 Å². The highest BCUT2D eigenvalue weighted by Crippen LogP contribution is 2.45. The Morgan fingerprint density at radius 3 is 2.27 bits per heavy atom. The molecule has 5 nitrogen and oxygen atoms in total. The summed E-state index contributed by atoms with van der Waals surface area (Å²) in [6, 6.07) is 43.7. The van der Waals surface area contributed by atoms with Gasteiger partial charge in [-0.2, -0.15) is 0 Å². The van der Waals surface area contributed by atoms with E-state index in [0.29, 0.717) is 5.92 Å². The van der Waals surface area contributed by atoms with Crippen LogP contribution in [0.3, 0.4) is 0 Å². The molecule has 0 bridgehead atoms. The van der Waals surface area contributed by atoms with Gasteiger partial charge in [0.1, 0.15) is 18.2 Å². The first-order valence-electron chi connectivity index (χ1n) is 18.5. The fourth-order valence-electron chi connectivity index (χ4n) is 8.71. The Hall–Kier alpha value is -5.91. The van der Waals surface area contributed by atoms with Gasteiger partial charge in [-0.3, -0.25) is 5.32 Å². The van der Waals surface area contributed by atoms with Crippen LogP contribution < -0.4 is 10.6 Å². The predicted molar refractivity (Wildman–Crippen MR) is 216 cm³/mol. The van der Waals surface area contributed by atoms with E-state index in [0.717, 1.165) is 41.1 Å². The number of amidine groups is 1. The van der Waals surface area contributed by atoms with Gasteiger partial charge in [0.25, 0.3) is 0 Å². The smallest absolute Gasteiger partial charge is 0.131 e. The molecule has 52 heavy (non-hydrogen) atoms. The summed E-state index contributed by atoms with van der Waals surface area (Å²) < 4.78 is 5.15. The first-order valence-corrected chi connectivity index (χ1v) is 18.5. The molecule has 0 amide bonds. The summed E-state index contributed by atoms with van der Waals surface area (Å²) in [6.45, 7) is 4.70. The van der Waals surface area contributed by atoms with Crippen molar-refractivity contribution in [2.24, 2.45) is 10.9 Å². The molecular formula is C47H41N5. The Balaban J connectivity index is 1.15. The van der Waals surface area contributed by atoms with Gasteiger partial charge in [0.05, 0.1) is 16.6 Å². The van der Waals surface area contributed by atoms with Crippen molar-refractivity contribution >= 4 is 44.6 Å². The summed E-state index contributed by atoms with van der Waals surface area (Å²) in [5, 5.41) is 11.4. The SMILES string of the molecule is CC1C=Cc2c(c3ccc4c5ccccc5n(C5(C)C=CC=CC5)c4c3n2-c2ccc(C3NC(c4ccccc4)=NC(c4ccccc4)N3)cc2)C1. The van der Waals surface area contributed by atoms with Crippen molar-refractivity contribution in [2.75, 3.05) is 0 Å². The molecule has 3 aliphatic rings. The molecule has 4 unspecified atom stereocenters. The number of aliphatic imine (C=N–C) groups is 1. The van der Waals surface area contributed by atoms with Crippen molar-refractivity contribution < 1.29 is 0 Å². The second kappa shape index (κ2) is 12.1. The van der Waals surface area contributed by atoms with Crippen LogP contribution in [0, 0.1) is 5.92 Å². The molecule has 10 rings (SSSR count). The molecule has 2 N–H and O–H groups in total. The van der Waals surface area contributed by atoms with Gasteiger partial charge in [0.15, 0.2) is 0 Å². The number of allylic oxidation sites excluding steroid dienone is 5. The van der Waals surface area contributed by atoms with E-state index in [1.165, 1.54) is 44.0 Å². The van der Waals surface area contributed by atoms with Crippen LogP contribution in [0.5, 0.6) is 0 Å². The zero-order chi connectivity index (χ0) is 34.8. The van der Waals surface area contributed by atoms with Crippen molar-refractivity contribution in [3.8, 4) is 5.69 Å². The van der Waals surface area contributed by atoms with E-state index in [4.69, 9.17) is 4.99 Å². The molecule has 0 spiro atoms. The lowest BCUT2D eigenvalue weighted by molar-refractivity contribution is 0.409. The standard InChI is InChI=1S/C47H41N5/c1-31-20-27-40-39(30-31)38-26-25-37-36-18-10-11-19-41(36)52(47(2)28-12-5-13-29-47)43(37)42(38)51(40)35-23-21-34(22-24-35)46-49-44(32-14-6-3-7-15-32)48-45(50-46)33-16-8-4-9-17-33/h3-28,31,44,46,49H,29-30H2,1-2H3,(H,48,50). The molecule has 2 aliphatic carbocycles. The number of aromatic nitrogens is 2. The molecule has 1 aliphatic heterocycles. The van der Waals surface area contributed by atoms with Gasteiger partial charge in [-0.15, -0.1) is 0 Å². The minimum Gasteiger partial charge on any atom is -0.350 e. The summed E-state index contributed by atoms with van der Waals surface area (Å²) >= 11 is 0. The number of para-hydroxylation sites is 1. The Labute approximate surface area is 304 Å². The third-order valence-electron chi connectivity index (χ3n) is 11.3. The largest absolute Gasteiger partial charge is 0.350 e. The Bertz CT molecular complexity index is 2600. The highest BCUT2D eigenvalue weighted by Gasteiger charge is 2.32. The lowest BCUT2D eigenvalue weighted by Gasteiger charge is -2.32. The average Bonchev–Trinajstić information content (AvgIpc) is 3.72. The van der Waals surface area contributed by atoms with Crippen LogP contribution >= 0.6 is 0 Å². The van der Waals surface area contributed by atoms with Crippen LogP contribution in [-0.4, -0.2) is 15.0 Å². The number of rotatable bonds is 5. The molecule has 0 saturated heterocycles. The number of nitrogens with zero attached hydrogens (tertiary/aromatic N) is 3. The third kappa shape index (κ3) is 4.91.